The summed E-state index contributed by atoms with van der Waals surface area (Å²) < 4.78 is 1.57. The zero-order chi connectivity index (χ0) is 11.5. The number of para-hydroxylation sites is 1. The number of amides is 1. The molecule has 1 amide bonds. The van der Waals surface area contributed by atoms with Crippen LogP contribution in [0.1, 0.15) is 6.92 Å². The molecule has 0 aliphatic heterocycles. The molecule has 1 aromatic carbocycles. The molecule has 1 heterocycles. The molecular weight excluding hydrogens is 204 g/mol. The number of nitrogens with one attached hydrogen (secondary N) is 1. The number of nitrogens with two attached hydrogens (primary N) is 1. The maximum atomic E-state index is 10.9. The summed E-state index contributed by atoms with van der Waals surface area (Å²) in [7, 11) is 0. The van der Waals surface area contributed by atoms with Crippen molar-refractivity contribution in [3.8, 4) is 5.69 Å². The monoisotopic (exact) mass is 216 g/mol. The molecule has 0 aliphatic carbocycles. The average molecular weight is 216 g/mol. The first-order chi connectivity index (χ1) is 7.66. The van der Waals surface area contributed by atoms with Crippen molar-refractivity contribution in [2.24, 2.45) is 0 Å². The Balaban J connectivity index is 2.36. The van der Waals surface area contributed by atoms with Gasteiger partial charge in [-0.15, -0.1) is 5.10 Å². The maximum Gasteiger partial charge on any atom is 0.222 e. The molecule has 0 saturated heterocycles. The predicted molar refractivity (Wildman–Crippen MR) is 62.3 cm³/mol. The van der Waals surface area contributed by atoms with E-state index in [9.17, 15) is 4.79 Å². The van der Waals surface area contributed by atoms with Gasteiger partial charge in [-0.25, -0.2) is 4.68 Å². The number of nitrogens with zero attached hydrogens (tertiary/aromatic N) is 2. The normalized spacial score (nSPS) is 10.1. The molecule has 2 aromatic rings. The standard InChI is InChI=1S/C11H12N4O/c1-8(16)13-11-7-10(12)15(14-11)9-5-3-2-4-6-9/h2-7H,12H2,1H3,(H,13,14,16). The lowest BCUT2D eigenvalue weighted by atomic mass is 10.3. The number of benzene rings is 1. The molecule has 0 fully saturated rings. The third-order valence-electron chi connectivity index (χ3n) is 2.04. The lowest BCUT2D eigenvalue weighted by Crippen LogP contribution is -2.07. The van der Waals surface area contributed by atoms with Gasteiger partial charge in [-0.2, -0.15) is 0 Å². The van der Waals surface area contributed by atoms with Crippen LogP contribution in [0.2, 0.25) is 0 Å². The third-order valence-corrected chi connectivity index (χ3v) is 2.04. The van der Waals surface area contributed by atoms with Crippen molar-refractivity contribution in [1.82, 2.24) is 9.78 Å². The highest BCUT2D eigenvalue weighted by Gasteiger charge is 2.06. The largest absolute Gasteiger partial charge is 0.384 e. The predicted octanol–water partition coefficient (Wildman–Crippen LogP) is 1.41. The van der Waals surface area contributed by atoms with Gasteiger partial charge in [0.1, 0.15) is 5.82 Å². The average Bonchev–Trinajstić information content (AvgIpc) is 2.60. The number of aromatic nitrogens is 2. The SMILES string of the molecule is CC(=O)Nc1cc(N)n(-c2ccccc2)n1. The van der Waals surface area contributed by atoms with Crippen LogP contribution in [0.4, 0.5) is 11.6 Å². The van der Waals surface area contributed by atoms with Gasteiger partial charge < -0.3 is 11.1 Å². The fourth-order valence-electron chi connectivity index (χ4n) is 1.41. The van der Waals surface area contributed by atoms with E-state index in [4.69, 9.17) is 5.73 Å². The van der Waals surface area contributed by atoms with Crippen LogP contribution in [-0.2, 0) is 4.79 Å². The van der Waals surface area contributed by atoms with Crippen molar-refractivity contribution in [2.45, 2.75) is 6.92 Å². The smallest absolute Gasteiger partial charge is 0.222 e. The molecule has 82 valence electrons. The van der Waals surface area contributed by atoms with E-state index in [2.05, 4.69) is 10.4 Å². The first-order valence-electron chi connectivity index (χ1n) is 4.85. The van der Waals surface area contributed by atoms with E-state index in [1.165, 1.54) is 6.92 Å². The summed E-state index contributed by atoms with van der Waals surface area (Å²) >= 11 is 0. The highest BCUT2D eigenvalue weighted by Crippen LogP contribution is 2.16. The molecular formula is C11H12N4O. The van der Waals surface area contributed by atoms with Crippen LogP contribution >= 0.6 is 0 Å². The zero-order valence-corrected chi connectivity index (χ0v) is 8.84. The highest BCUT2D eigenvalue weighted by molar-refractivity contribution is 5.88. The van der Waals surface area contributed by atoms with E-state index in [1.54, 1.807) is 10.7 Å². The van der Waals surface area contributed by atoms with Gasteiger partial charge in [0, 0.05) is 13.0 Å². The Kier molecular flexibility index (Phi) is 2.59. The van der Waals surface area contributed by atoms with E-state index in [0.29, 0.717) is 11.6 Å². The molecule has 0 radical (unpaired) electrons. The Labute approximate surface area is 92.9 Å². The molecule has 0 aliphatic rings. The third kappa shape index (κ3) is 2.03. The van der Waals surface area contributed by atoms with Gasteiger partial charge in [0.15, 0.2) is 5.82 Å². The van der Waals surface area contributed by atoms with E-state index >= 15 is 0 Å². The molecule has 5 nitrogen and oxygen atoms in total. The van der Waals surface area contributed by atoms with Crippen molar-refractivity contribution in [2.75, 3.05) is 11.1 Å². The second-order valence-electron chi connectivity index (χ2n) is 3.38. The Morgan fingerprint density at radius 2 is 2.06 bits per heavy atom. The fraction of sp³-hybridized carbons (Fsp3) is 0.0909. The minimum Gasteiger partial charge on any atom is -0.384 e. The summed E-state index contributed by atoms with van der Waals surface area (Å²) in [6.07, 6.45) is 0. The second kappa shape index (κ2) is 4.06. The molecule has 0 unspecified atom stereocenters. The molecule has 5 heteroatoms. The quantitative estimate of drug-likeness (QED) is 0.797. The van der Waals surface area contributed by atoms with Gasteiger partial charge in [0.25, 0.3) is 0 Å². The van der Waals surface area contributed by atoms with Crippen molar-refractivity contribution in [3.05, 3.63) is 36.4 Å². The zero-order valence-electron chi connectivity index (χ0n) is 8.84. The lowest BCUT2D eigenvalue weighted by molar-refractivity contribution is -0.114. The molecule has 3 N–H and O–H groups in total. The summed E-state index contributed by atoms with van der Waals surface area (Å²) in [6, 6.07) is 11.1. The van der Waals surface area contributed by atoms with Gasteiger partial charge >= 0.3 is 0 Å². The second-order valence-corrected chi connectivity index (χ2v) is 3.38. The van der Waals surface area contributed by atoms with Crippen LogP contribution in [0.25, 0.3) is 5.69 Å². The summed E-state index contributed by atoms with van der Waals surface area (Å²) in [4.78, 5) is 10.9. The fourth-order valence-corrected chi connectivity index (χ4v) is 1.41. The summed E-state index contributed by atoms with van der Waals surface area (Å²) in [5, 5.41) is 6.76. The number of hydrogen-bond acceptors (Lipinski definition) is 3. The minimum absolute atomic E-state index is 0.169. The molecule has 1 aromatic heterocycles. The number of hydrogen-bond donors (Lipinski definition) is 2. The Morgan fingerprint density at radius 1 is 1.38 bits per heavy atom. The van der Waals surface area contributed by atoms with Gasteiger partial charge in [0.05, 0.1) is 5.69 Å². The van der Waals surface area contributed by atoms with Crippen LogP contribution in [-0.4, -0.2) is 15.7 Å². The number of nitrogen functional groups attached to an aromatic ring is 1. The van der Waals surface area contributed by atoms with E-state index in [0.717, 1.165) is 5.69 Å². The van der Waals surface area contributed by atoms with Crippen LogP contribution in [0, 0.1) is 0 Å². The van der Waals surface area contributed by atoms with Crippen LogP contribution < -0.4 is 11.1 Å². The molecule has 0 saturated carbocycles. The number of carbonyl (C=O) groups is 1. The highest BCUT2D eigenvalue weighted by atomic mass is 16.1. The summed E-state index contributed by atoms with van der Waals surface area (Å²) in [5.41, 5.74) is 6.66. The summed E-state index contributed by atoms with van der Waals surface area (Å²) in [6.45, 7) is 1.43. The van der Waals surface area contributed by atoms with Crippen molar-refractivity contribution < 1.29 is 4.79 Å². The first-order valence-corrected chi connectivity index (χ1v) is 4.85. The molecule has 16 heavy (non-hydrogen) atoms. The van der Waals surface area contributed by atoms with Gasteiger partial charge in [0.2, 0.25) is 5.91 Å². The molecule has 0 spiro atoms. The maximum absolute atomic E-state index is 10.9. The van der Waals surface area contributed by atoms with Crippen LogP contribution in [0.3, 0.4) is 0 Å². The Bertz CT molecular complexity index is 504. The van der Waals surface area contributed by atoms with E-state index in [1.807, 2.05) is 30.3 Å². The van der Waals surface area contributed by atoms with Gasteiger partial charge in [-0.1, -0.05) is 18.2 Å². The van der Waals surface area contributed by atoms with Crippen molar-refractivity contribution in [3.63, 3.8) is 0 Å². The summed E-state index contributed by atoms with van der Waals surface area (Å²) in [5.74, 6) is 0.765. The lowest BCUT2D eigenvalue weighted by Gasteiger charge is -2.02. The Morgan fingerprint density at radius 3 is 2.69 bits per heavy atom. The Hall–Kier alpha value is -2.30. The van der Waals surface area contributed by atoms with Crippen molar-refractivity contribution >= 4 is 17.5 Å². The minimum atomic E-state index is -0.169. The first kappa shape index (κ1) is 10.2. The van der Waals surface area contributed by atoms with E-state index in [-0.39, 0.29) is 5.91 Å². The molecule has 0 bridgehead atoms. The number of rotatable bonds is 2. The molecule has 0 atom stereocenters. The van der Waals surface area contributed by atoms with Gasteiger partial charge in [-0.05, 0) is 12.1 Å². The van der Waals surface area contributed by atoms with Crippen LogP contribution in [0.15, 0.2) is 36.4 Å². The number of carbonyl (C=O) groups excluding carboxylic acids is 1. The van der Waals surface area contributed by atoms with E-state index < -0.39 is 0 Å². The van der Waals surface area contributed by atoms with Crippen LogP contribution in [0.5, 0.6) is 0 Å². The molecule has 2 rings (SSSR count). The number of anilines is 2. The van der Waals surface area contributed by atoms with Gasteiger partial charge in [-0.3, -0.25) is 4.79 Å². The topological polar surface area (TPSA) is 72.9 Å². The van der Waals surface area contributed by atoms with Crippen molar-refractivity contribution in [1.29, 1.82) is 0 Å².